The molecule has 0 saturated carbocycles. The van der Waals surface area contributed by atoms with E-state index in [0.717, 1.165) is 16.8 Å². The highest BCUT2D eigenvalue weighted by Crippen LogP contribution is 2.38. The summed E-state index contributed by atoms with van der Waals surface area (Å²) >= 11 is 0. The van der Waals surface area contributed by atoms with Gasteiger partial charge < -0.3 is 10.0 Å². The van der Waals surface area contributed by atoms with Crippen LogP contribution in [-0.4, -0.2) is 23.5 Å². The maximum absolute atomic E-state index is 12.1. The minimum atomic E-state index is -0.936. The fraction of sp³-hybridized carbons (Fsp3) is 0.467. The molecule has 19 heavy (non-hydrogen) atoms. The van der Waals surface area contributed by atoms with Gasteiger partial charge in [-0.15, -0.1) is 0 Å². The van der Waals surface area contributed by atoms with Crippen LogP contribution in [0.5, 0.6) is 0 Å². The lowest BCUT2D eigenvalue weighted by Gasteiger charge is -2.23. The lowest BCUT2D eigenvalue weighted by atomic mass is 9.84. The smallest absolute Gasteiger partial charge is 0.311 e. The van der Waals surface area contributed by atoms with Crippen molar-refractivity contribution in [3.8, 4) is 0 Å². The molecule has 1 N–H and O–H groups in total. The van der Waals surface area contributed by atoms with E-state index >= 15 is 0 Å². The van der Waals surface area contributed by atoms with Gasteiger partial charge in [-0.1, -0.05) is 13.0 Å². The molecule has 0 bridgehead atoms. The molecule has 0 spiro atoms. The molecule has 1 fully saturated rings. The molecule has 1 aliphatic rings. The van der Waals surface area contributed by atoms with Crippen LogP contribution in [0.15, 0.2) is 18.2 Å². The maximum Gasteiger partial charge on any atom is 0.311 e. The number of carboxylic acid groups (broad SMARTS) is 1. The number of anilines is 1. The predicted molar refractivity (Wildman–Crippen MR) is 73.2 cm³/mol. The van der Waals surface area contributed by atoms with Gasteiger partial charge in [0, 0.05) is 18.7 Å². The summed E-state index contributed by atoms with van der Waals surface area (Å²) in [6.07, 6.45) is 0.557. The SMILES string of the molecule is CCC1(C(=O)O)CC(=O)N(c2cc(C)cc(C)c2)C1. The van der Waals surface area contributed by atoms with Crippen molar-refractivity contribution in [1.82, 2.24) is 0 Å². The van der Waals surface area contributed by atoms with Crippen molar-refractivity contribution in [3.63, 3.8) is 0 Å². The first-order chi connectivity index (χ1) is 8.88. The van der Waals surface area contributed by atoms with E-state index in [4.69, 9.17) is 0 Å². The van der Waals surface area contributed by atoms with E-state index in [9.17, 15) is 14.7 Å². The van der Waals surface area contributed by atoms with Gasteiger partial charge >= 0.3 is 5.97 Å². The van der Waals surface area contributed by atoms with Crippen LogP contribution in [0.4, 0.5) is 5.69 Å². The second kappa shape index (κ2) is 4.68. The van der Waals surface area contributed by atoms with Gasteiger partial charge in [0.25, 0.3) is 0 Å². The summed E-state index contributed by atoms with van der Waals surface area (Å²) in [5.74, 6) is -0.982. The Hall–Kier alpha value is -1.84. The van der Waals surface area contributed by atoms with Crippen molar-refractivity contribution in [2.75, 3.05) is 11.4 Å². The average Bonchev–Trinajstić information content (AvgIpc) is 2.66. The predicted octanol–water partition coefficient (Wildman–Crippen LogP) is 2.52. The molecule has 1 aromatic carbocycles. The number of nitrogens with zero attached hydrogens (tertiary/aromatic N) is 1. The zero-order chi connectivity index (χ0) is 14.2. The number of carbonyl (C=O) groups is 2. The highest BCUT2D eigenvalue weighted by molar-refractivity contribution is 6.01. The van der Waals surface area contributed by atoms with Crippen molar-refractivity contribution in [1.29, 1.82) is 0 Å². The number of aliphatic carboxylic acids is 1. The largest absolute Gasteiger partial charge is 0.481 e. The zero-order valence-electron chi connectivity index (χ0n) is 11.6. The van der Waals surface area contributed by atoms with Crippen LogP contribution in [0.1, 0.15) is 30.9 Å². The van der Waals surface area contributed by atoms with Gasteiger partial charge in [-0.2, -0.15) is 0 Å². The number of carbonyl (C=O) groups excluding carboxylic acids is 1. The molecule has 4 heteroatoms. The molecule has 1 unspecified atom stereocenters. The van der Waals surface area contributed by atoms with Crippen LogP contribution < -0.4 is 4.90 Å². The summed E-state index contributed by atoms with van der Waals surface area (Å²) in [4.78, 5) is 25.2. The first-order valence-corrected chi connectivity index (χ1v) is 6.50. The van der Waals surface area contributed by atoms with Crippen molar-refractivity contribution in [2.45, 2.75) is 33.6 Å². The zero-order valence-corrected chi connectivity index (χ0v) is 11.6. The van der Waals surface area contributed by atoms with Crippen molar-refractivity contribution in [2.24, 2.45) is 5.41 Å². The molecule has 0 radical (unpaired) electrons. The van der Waals surface area contributed by atoms with Crippen LogP contribution in [0.2, 0.25) is 0 Å². The molecule has 1 heterocycles. The molecular weight excluding hydrogens is 242 g/mol. The van der Waals surface area contributed by atoms with Gasteiger partial charge in [-0.05, 0) is 43.5 Å². The summed E-state index contributed by atoms with van der Waals surface area (Å²) < 4.78 is 0. The Morgan fingerprint density at radius 2 is 1.89 bits per heavy atom. The van der Waals surface area contributed by atoms with Crippen LogP contribution >= 0.6 is 0 Å². The number of carboxylic acids is 1. The van der Waals surface area contributed by atoms with Gasteiger partial charge in [0.1, 0.15) is 0 Å². The lowest BCUT2D eigenvalue weighted by molar-refractivity contribution is -0.148. The van der Waals surface area contributed by atoms with Crippen LogP contribution in [0.25, 0.3) is 0 Å². The van der Waals surface area contributed by atoms with Crippen LogP contribution in [0.3, 0.4) is 0 Å². The van der Waals surface area contributed by atoms with Gasteiger partial charge in [-0.25, -0.2) is 0 Å². The highest BCUT2D eigenvalue weighted by Gasteiger charge is 2.48. The molecule has 0 aromatic heterocycles. The second-order valence-electron chi connectivity index (χ2n) is 5.44. The summed E-state index contributed by atoms with van der Waals surface area (Å²) in [6, 6.07) is 5.89. The lowest BCUT2D eigenvalue weighted by Crippen LogP contribution is -2.34. The molecular formula is C15H19NO3. The van der Waals surface area contributed by atoms with E-state index in [1.807, 2.05) is 39.0 Å². The van der Waals surface area contributed by atoms with Gasteiger partial charge in [-0.3, -0.25) is 9.59 Å². The molecule has 1 aromatic rings. The first-order valence-electron chi connectivity index (χ1n) is 6.50. The number of amides is 1. The first kappa shape index (κ1) is 13.6. The molecule has 4 nitrogen and oxygen atoms in total. The third kappa shape index (κ3) is 2.35. The number of hydrogen-bond donors (Lipinski definition) is 1. The Kier molecular flexibility index (Phi) is 3.35. The quantitative estimate of drug-likeness (QED) is 0.909. The van der Waals surface area contributed by atoms with Crippen LogP contribution in [-0.2, 0) is 9.59 Å². The molecule has 1 aliphatic heterocycles. The summed E-state index contributed by atoms with van der Waals surface area (Å²) in [5.41, 5.74) is 2.02. The summed E-state index contributed by atoms with van der Waals surface area (Å²) in [7, 11) is 0. The van der Waals surface area contributed by atoms with Gasteiger partial charge in [0.2, 0.25) is 5.91 Å². The van der Waals surface area contributed by atoms with E-state index in [1.165, 1.54) is 0 Å². The molecule has 1 saturated heterocycles. The Labute approximate surface area is 113 Å². The van der Waals surface area contributed by atoms with Crippen molar-refractivity contribution >= 4 is 17.6 Å². The molecule has 1 amide bonds. The van der Waals surface area contributed by atoms with Crippen molar-refractivity contribution < 1.29 is 14.7 Å². The van der Waals surface area contributed by atoms with E-state index in [2.05, 4.69) is 0 Å². The van der Waals surface area contributed by atoms with E-state index in [-0.39, 0.29) is 18.9 Å². The minimum Gasteiger partial charge on any atom is -0.481 e. The van der Waals surface area contributed by atoms with E-state index in [0.29, 0.717) is 6.42 Å². The maximum atomic E-state index is 12.1. The fourth-order valence-corrected chi connectivity index (χ4v) is 2.70. The highest BCUT2D eigenvalue weighted by atomic mass is 16.4. The minimum absolute atomic E-state index is 0.0891. The Morgan fingerprint density at radius 1 is 1.32 bits per heavy atom. The molecule has 2 rings (SSSR count). The van der Waals surface area contributed by atoms with Crippen molar-refractivity contribution in [3.05, 3.63) is 29.3 Å². The molecule has 102 valence electrons. The normalized spacial score (nSPS) is 22.9. The standard InChI is InChI=1S/C15H19NO3/c1-4-15(14(18)19)8-13(17)16(9-15)12-6-10(2)5-11(3)7-12/h5-7H,4,8-9H2,1-3H3,(H,18,19). The van der Waals surface area contributed by atoms with E-state index in [1.54, 1.807) is 4.90 Å². The van der Waals surface area contributed by atoms with Gasteiger partial charge in [0.05, 0.1) is 5.41 Å². The summed E-state index contributed by atoms with van der Waals surface area (Å²) in [6.45, 7) is 6.04. The monoisotopic (exact) mass is 261 g/mol. The summed E-state index contributed by atoms with van der Waals surface area (Å²) in [5, 5.41) is 9.38. The topological polar surface area (TPSA) is 57.6 Å². The third-order valence-corrected chi connectivity index (χ3v) is 3.90. The van der Waals surface area contributed by atoms with Gasteiger partial charge in [0.15, 0.2) is 0 Å². The number of benzene rings is 1. The third-order valence-electron chi connectivity index (χ3n) is 3.90. The fourth-order valence-electron chi connectivity index (χ4n) is 2.70. The Bertz CT molecular complexity index is 518. The molecule has 0 aliphatic carbocycles. The second-order valence-corrected chi connectivity index (χ2v) is 5.44. The number of rotatable bonds is 3. The molecule has 1 atom stereocenters. The Morgan fingerprint density at radius 3 is 2.32 bits per heavy atom. The number of hydrogen-bond acceptors (Lipinski definition) is 2. The van der Waals surface area contributed by atoms with E-state index < -0.39 is 11.4 Å². The van der Waals surface area contributed by atoms with Crippen LogP contribution in [0, 0.1) is 19.3 Å². The number of aryl methyl sites for hydroxylation is 2. The average molecular weight is 261 g/mol. The Balaban J connectivity index is 2.37.